The lowest BCUT2D eigenvalue weighted by molar-refractivity contribution is 0.701. The van der Waals surface area contributed by atoms with E-state index in [0.29, 0.717) is 0 Å². The maximum Gasteiger partial charge on any atom is 0.0955 e. The Labute approximate surface area is 159 Å². The molecule has 2 nitrogen and oxygen atoms in total. The van der Waals surface area contributed by atoms with Crippen LogP contribution in [0.15, 0.2) is 103 Å². The highest BCUT2D eigenvalue weighted by atomic mass is 14.9. The standard InChI is InChI=1S/C25H20N2/c26-18-24(20-10-3-1-4-11-20)25(21-12-5-2-6-13-21)27-23-16-15-19-9-7-8-14-22(19)17-23/h1-17,24-25,27H/t24-,25+/m1/s1. The van der Waals surface area contributed by atoms with E-state index in [1.165, 1.54) is 10.8 Å². The van der Waals surface area contributed by atoms with Crippen LogP contribution in [0.3, 0.4) is 0 Å². The molecule has 0 aromatic heterocycles. The van der Waals surface area contributed by atoms with E-state index >= 15 is 0 Å². The number of hydrogen-bond donors (Lipinski definition) is 1. The molecule has 0 saturated carbocycles. The average molecular weight is 348 g/mol. The van der Waals surface area contributed by atoms with Crippen LogP contribution in [0.25, 0.3) is 10.8 Å². The van der Waals surface area contributed by atoms with E-state index in [-0.39, 0.29) is 12.0 Å². The summed E-state index contributed by atoms with van der Waals surface area (Å²) in [7, 11) is 0. The smallest absolute Gasteiger partial charge is 0.0955 e. The van der Waals surface area contributed by atoms with Gasteiger partial charge in [-0.15, -0.1) is 0 Å². The van der Waals surface area contributed by atoms with Gasteiger partial charge in [-0.05, 0) is 34.0 Å². The van der Waals surface area contributed by atoms with E-state index in [2.05, 4.69) is 53.9 Å². The van der Waals surface area contributed by atoms with Crippen molar-refractivity contribution >= 4 is 16.5 Å². The fraction of sp³-hybridized carbons (Fsp3) is 0.0800. The van der Waals surface area contributed by atoms with Crippen LogP contribution in [0, 0.1) is 11.3 Å². The van der Waals surface area contributed by atoms with Gasteiger partial charge in [0.2, 0.25) is 0 Å². The topological polar surface area (TPSA) is 35.8 Å². The molecular formula is C25H20N2. The molecule has 4 aromatic carbocycles. The Bertz CT molecular complexity index is 1070. The second kappa shape index (κ2) is 7.76. The van der Waals surface area contributed by atoms with E-state index in [4.69, 9.17) is 0 Å². The number of rotatable bonds is 5. The van der Waals surface area contributed by atoms with E-state index in [1.807, 2.05) is 60.7 Å². The Hall–Kier alpha value is -3.57. The first-order valence-electron chi connectivity index (χ1n) is 9.10. The largest absolute Gasteiger partial charge is 0.377 e. The summed E-state index contributed by atoms with van der Waals surface area (Å²) in [6.45, 7) is 0. The number of hydrogen-bond acceptors (Lipinski definition) is 2. The molecule has 2 atom stereocenters. The number of anilines is 1. The third-order valence-electron chi connectivity index (χ3n) is 4.86. The zero-order valence-electron chi connectivity index (χ0n) is 14.9. The minimum atomic E-state index is -0.292. The Morgan fingerprint density at radius 3 is 1.89 bits per heavy atom. The molecule has 4 rings (SSSR count). The summed E-state index contributed by atoms with van der Waals surface area (Å²) in [5.41, 5.74) is 3.13. The molecule has 27 heavy (non-hydrogen) atoms. The molecule has 0 unspecified atom stereocenters. The summed E-state index contributed by atoms with van der Waals surface area (Å²) in [5, 5.41) is 16.0. The Morgan fingerprint density at radius 1 is 0.630 bits per heavy atom. The third-order valence-corrected chi connectivity index (χ3v) is 4.86. The predicted octanol–water partition coefficient (Wildman–Crippen LogP) is 6.30. The quantitative estimate of drug-likeness (QED) is 0.459. The number of nitriles is 1. The second-order valence-electron chi connectivity index (χ2n) is 6.61. The van der Waals surface area contributed by atoms with Crippen LogP contribution in [0.2, 0.25) is 0 Å². The average Bonchev–Trinajstić information content (AvgIpc) is 2.75. The highest BCUT2D eigenvalue weighted by Gasteiger charge is 2.24. The van der Waals surface area contributed by atoms with Crippen molar-refractivity contribution in [3.8, 4) is 6.07 Å². The first-order valence-corrected chi connectivity index (χ1v) is 9.10. The number of nitrogens with one attached hydrogen (secondary N) is 1. The highest BCUT2D eigenvalue weighted by molar-refractivity contribution is 5.85. The number of nitrogens with zero attached hydrogens (tertiary/aromatic N) is 1. The summed E-state index contributed by atoms with van der Waals surface area (Å²) in [4.78, 5) is 0. The van der Waals surface area contributed by atoms with Gasteiger partial charge in [0.05, 0.1) is 18.0 Å². The molecular weight excluding hydrogens is 328 g/mol. The van der Waals surface area contributed by atoms with Gasteiger partial charge in [-0.3, -0.25) is 0 Å². The van der Waals surface area contributed by atoms with Gasteiger partial charge in [0.15, 0.2) is 0 Å². The fourth-order valence-corrected chi connectivity index (χ4v) is 3.48. The van der Waals surface area contributed by atoms with Crippen molar-refractivity contribution < 1.29 is 0 Å². The SMILES string of the molecule is N#C[C@H](c1ccccc1)[C@@H](Nc1ccc2ccccc2c1)c1ccccc1. The normalized spacial score (nSPS) is 12.9. The van der Waals surface area contributed by atoms with Crippen molar-refractivity contribution in [2.24, 2.45) is 0 Å². The van der Waals surface area contributed by atoms with E-state index in [1.54, 1.807) is 0 Å². The van der Waals surface area contributed by atoms with Crippen molar-refractivity contribution in [1.29, 1.82) is 5.26 Å². The van der Waals surface area contributed by atoms with Gasteiger partial charge in [0.1, 0.15) is 0 Å². The molecule has 130 valence electrons. The van der Waals surface area contributed by atoms with Crippen LogP contribution in [-0.2, 0) is 0 Å². The summed E-state index contributed by atoms with van der Waals surface area (Å²) >= 11 is 0. The molecule has 1 N–H and O–H groups in total. The minimum absolute atomic E-state index is 0.139. The lowest BCUT2D eigenvalue weighted by Gasteiger charge is -2.25. The fourth-order valence-electron chi connectivity index (χ4n) is 3.48. The molecule has 0 aliphatic rings. The van der Waals surface area contributed by atoms with Gasteiger partial charge in [0, 0.05) is 5.69 Å². The van der Waals surface area contributed by atoms with Gasteiger partial charge >= 0.3 is 0 Å². The van der Waals surface area contributed by atoms with Crippen molar-refractivity contribution in [3.05, 3.63) is 114 Å². The van der Waals surface area contributed by atoms with E-state index in [9.17, 15) is 5.26 Å². The van der Waals surface area contributed by atoms with Crippen LogP contribution in [0.5, 0.6) is 0 Å². The van der Waals surface area contributed by atoms with Gasteiger partial charge in [-0.2, -0.15) is 5.26 Å². The zero-order valence-corrected chi connectivity index (χ0v) is 14.9. The monoisotopic (exact) mass is 348 g/mol. The molecule has 0 bridgehead atoms. The molecule has 0 amide bonds. The van der Waals surface area contributed by atoms with Gasteiger partial charge in [0.25, 0.3) is 0 Å². The molecule has 0 fully saturated rings. The van der Waals surface area contributed by atoms with Crippen molar-refractivity contribution in [2.45, 2.75) is 12.0 Å². The zero-order chi connectivity index (χ0) is 18.5. The van der Waals surface area contributed by atoms with Crippen LogP contribution >= 0.6 is 0 Å². The molecule has 0 aliphatic heterocycles. The molecule has 0 spiro atoms. The molecule has 4 aromatic rings. The lowest BCUT2D eigenvalue weighted by Crippen LogP contribution is -2.18. The van der Waals surface area contributed by atoms with Gasteiger partial charge in [-0.1, -0.05) is 91.0 Å². The van der Waals surface area contributed by atoms with Crippen molar-refractivity contribution in [3.63, 3.8) is 0 Å². The molecule has 0 saturated heterocycles. The summed E-state index contributed by atoms with van der Waals surface area (Å²) < 4.78 is 0. The lowest BCUT2D eigenvalue weighted by atomic mass is 9.88. The maximum atomic E-state index is 9.97. The molecule has 0 heterocycles. The first kappa shape index (κ1) is 16.9. The predicted molar refractivity (Wildman–Crippen MR) is 112 cm³/mol. The summed E-state index contributed by atoms with van der Waals surface area (Å²) in [5.74, 6) is -0.292. The third kappa shape index (κ3) is 3.68. The van der Waals surface area contributed by atoms with E-state index in [0.717, 1.165) is 16.8 Å². The minimum Gasteiger partial charge on any atom is -0.377 e. The van der Waals surface area contributed by atoms with E-state index < -0.39 is 0 Å². The molecule has 0 radical (unpaired) electrons. The number of fused-ring (bicyclic) bond motifs is 1. The molecule has 0 aliphatic carbocycles. The Morgan fingerprint density at radius 2 is 1.22 bits per heavy atom. The second-order valence-corrected chi connectivity index (χ2v) is 6.61. The molecule has 2 heteroatoms. The Kier molecular flexibility index (Phi) is 4.85. The number of benzene rings is 4. The van der Waals surface area contributed by atoms with Gasteiger partial charge < -0.3 is 5.32 Å². The van der Waals surface area contributed by atoms with Crippen LogP contribution in [0.1, 0.15) is 23.1 Å². The summed E-state index contributed by atoms with van der Waals surface area (Å²) in [6, 6.07) is 37.2. The summed E-state index contributed by atoms with van der Waals surface area (Å²) in [6.07, 6.45) is 0. The first-order chi connectivity index (χ1) is 13.3. The van der Waals surface area contributed by atoms with Crippen molar-refractivity contribution in [1.82, 2.24) is 0 Å². The van der Waals surface area contributed by atoms with Crippen LogP contribution < -0.4 is 5.32 Å². The Balaban J connectivity index is 1.74. The maximum absolute atomic E-state index is 9.97. The van der Waals surface area contributed by atoms with Crippen LogP contribution in [0.4, 0.5) is 5.69 Å². The van der Waals surface area contributed by atoms with Gasteiger partial charge in [-0.25, -0.2) is 0 Å². The van der Waals surface area contributed by atoms with Crippen LogP contribution in [-0.4, -0.2) is 0 Å². The highest BCUT2D eigenvalue weighted by Crippen LogP contribution is 2.34. The van der Waals surface area contributed by atoms with Crippen molar-refractivity contribution in [2.75, 3.05) is 5.32 Å².